The van der Waals surface area contributed by atoms with E-state index in [1.807, 2.05) is 50.4 Å². The van der Waals surface area contributed by atoms with E-state index < -0.39 is 21.8 Å². The van der Waals surface area contributed by atoms with Gasteiger partial charge in [-0.1, -0.05) is 30.0 Å². The van der Waals surface area contributed by atoms with Crippen molar-refractivity contribution in [3.05, 3.63) is 94.7 Å². The largest absolute Gasteiger partial charge is 0.490 e. The number of rotatable bonds is 9. The van der Waals surface area contributed by atoms with E-state index in [9.17, 15) is 18.3 Å². The molecule has 5 rings (SSSR count). The second-order valence-electron chi connectivity index (χ2n) is 10.7. The summed E-state index contributed by atoms with van der Waals surface area (Å²) in [4.78, 5) is 16.1. The number of aromatic nitrogens is 1. The number of ether oxygens (including phenoxy) is 2. The molecule has 1 fully saturated rings. The molecule has 1 saturated heterocycles. The topological polar surface area (TPSA) is 135 Å². The van der Waals surface area contributed by atoms with Gasteiger partial charge in [-0.15, -0.1) is 0 Å². The first kappa shape index (κ1) is 30.3. The van der Waals surface area contributed by atoms with E-state index in [-0.39, 0.29) is 23.2 Å². The van der Waals surface area contributed by atoms with Crippen LogP contribution in [0.15, 0.2) is 71.8 Å². The van der Waals surface area contributed by atoms with Crippen molar-refractivity contribution in [1.29, 1.82) is 0 Å². The number of nitrogens with one attached hydrogen (secondary N) is 1. The molecule has 3 aromatic carbocycles. The van der Waals surface area contributed by atoms with E-state index >= 15 is 0 Å². The number of nitrogens with two attached hydrogens (primary N) is 1. The van der Waals surface area contributed by atoms with Crippen molar-refractivity contribution in [3.8, 4) is 17.6 Å². The van der Waals surface area contributed by atoms with Crippen LogP contribution in [0.1, 0.15) is 52.4 Å². The number of aliphatic hydroxyl groups is 1. The van der Waals surface area contributed by atoms with Gasteiger partial charge in [0.15, 0.2) is 0 Å². The molecule has 0 saturated carbocycles. The van der Waals surface area contributed by atoms with Crippen molar-refractivity contribution in [1.82, 2.24) is 9.29 Å². The van der Waals surface area contributed by atoms with Crippen molar-refractivity contribution >= 4 is 26.8 Å². The lowest BCUT2D eigenvalue weighted by Gasteiger charge is -2.26. The summed E-state index contributed by atoms with van der Waals surface area (Å²) in [5.74, 6) is 5.42. The molecule has 10 heteroatoms. The molecular weight excluding hydrogens is 566 g/mol. The molecule has 1 amide bonds. The van der Waals surface area contributed by atoms with Crippen molar-refractivity contribution in [2.75, 3.05) is 32.9 Å². The number of morpholine rings is 1. The zero-order chi connectivity index (χ0) is 30.6. The number of hydrogen-bond donors (Lipinski definition) is 3. The van der Waals surface area contributed by atoms with Crippen LogP contribution in [0.25, 0.3) is 10.9 Å². The molecule has 0 unspecified atom stereocenters. The molecule has 2 heterocycles. The summed E-state index contributed by atoms with van der Waals surface area (Å²) in [6.45, 7) is 4.91. The second-order valence-corrected chi connectivity index (χ2v) is 12.6. The second kappa shape index (κ2) is 13.0. The quantitative estimate of drug-likeness (QED) is 0.250. The summed E-state index contributed by atoms with van der Waals surface area (Å²) in [6.07, 6.45) is 2.18. The number of para-hydroxylation sites is 1. The smallest absolute Gasteiger partial charge is 0.252 e. The Hall–Kier alpha value is -4.14. The van der Waals surface area contributed by atoms with Crippen molar-refractivity contribution in [3.63, 3.8) is 0 Å². The molecule has 4 N–H and O–H groups in total. The lowest BCUT2D eigenvalue weighted by Crippen LogP contribution is -2.40. The van der Waals surface area contributed by atoms with Crippen LogP contribution in [-0.4, -0.2) is 67.7 Å². The lowest BCUT2D eigenvalue weighted by molar-refractivity contribution is 0.0730. The van der Waals surface area contributed by atoms with Gasteiger partial charge in [0.05, 0.1) is 36.4 Å². The number of carbonyl (C=O) groups is 1. The summed E-state index contributed by atoms with van der Waals surface area (Å²) in [5, 5.41) is 11.6. The van der Waals surface area contributed by atoms with Crippen LogP contribution in [0.5, 0.6) is 5.75 Å². The van der Waals surface area contributed by atoms with Gasteiger partial charge in [-0.25, -0.2) is 8.42 Å². The zero-order valence-corrected chi connectivity index (χ0v) is 25.0. The van der Waals surface area contributed by atoms with Crippen LogP contribution in [-0.2, 0) is 21.2 Å². The van der Waals surface area contributed by atoms with E-state index in [0.717, 1.165) is 16.5 Å². The van der Waals surface area contributed by atoms with E-state index in [2.05, 4.69) is 16.8 Å². The number of carbonyl (C=O) groups excluding carboxylic acids is 1. The Morgan fingerprint density at radius 1 is 1.07 bits per heavy atom. The molecule has 1 aliphatic heterocycles. The standard InChI is InChI=1S/C33H35N3O6S/c1-22(2)42-32-29(26(21-37)19-25-20-35-31-6-4-3-5-28(25)31)17-24(18-30(32)33(34)38)8-7-23-9-11-27(12-10-23)43(39,40)36-13-15-41-16-14-36/h3-6,9-12,17-18,20,22,26,35,37H,13-16,19,21H2,1-2H3,(H2,34,38)/t26-/m0/s1. The Balaban J connectivity index is 1.49. The van der Waals surface area contributed by atoms with E-state index in [0.29, 0.717) is 55.2 Å². The fourth-order valence-electron chi connectivity index (χ4n) is 5.21. The van der Waals surface area contributed by atoms with Gasteiger partial charge >= 0.3 is 0 Å². The Morgan fingerprint density at radius 3 is 2.44 bits per heavy atom. The maximum absolute atomic E-state index is 13.0. The molecule has 0 spiro atoms. The summed E-state index contributed by atoms with van der Waals surface area (Å²) < 4.78 is 38.7. The van der Waals surface area contributed by atoms with Gasteiger partial charge in [-0.3, -0.25) is 4.79 Å². The number of H-pyrrole nitrogens is 1. The molecule has 224 valence electrons. The fourth-order valence-corrected chi connectivity index (χ4v) is 6.61. The summed E-state index contributed by atoms with van der Waals surface area (Å²) >= 11 is 0. The number of aliphatic hydroxyl groups excluding tert-OH is 1. The number of nitrogens with zero attached hydrogens (tertiary/aromatic N) is 1. The monoisotopic (exact) mass is 601 g/mol. The molecule has 1 atom stereocenters. The van der Waals surface area contributed by atoms with Crippen molar-refractivity contribution < 1.29 is 27.8 Å². The van der Waals surface area contributed by atoms with Gasteiger partial charge in [0.2, 0.25) is 10.0 Å². The highest BCUT2D eigenvalue weighted by molar-refractivity contribution is 7.89. The number of sulfonamides is 1. The van der Waals surface area contributed by atoms with Crippen LogP contribution >= 0.6 is 0 Å². The minimum absolute atomic E-state index is 0.180. The molecule has 0 radical (unpaired) electrons. The van der Waals surface area contributed by atoms with Crippen molar-refractivity contribution in [2.24, 2.45) is 5.73 Å². The molecule has 0 aliphatic carbocycles. The highest BCUT2D eigenvalue weighted by Gasteiger charge is 2.26. The summed E-state index contributed by atoms with van der Waals surface area (Å²) in [7, 11) is -3.62. The first-order valence-corrected chi connectivity index (χ1v) is 15.6. The number of aromatic amines is 1. The van der Waals surface area contributed by atoms with Gasteiger partial charge in [0, 0.05) is 52.8 Å². The molecular formula is C33H35N3O6S. The number of primary amides is 1. The first-order valence-electron chi connectivity index (χ1n) is 14.2. The fraction of sp³-hybridized carbons (Fsp3) is 0.303. The number of amides is 1. The Bertz CT molecular complexity index is 1780. The highest BCUT2D eigenvalue weighted by Crippen LogP contribution is 2.36. The van der Waals surface area contributed by atoms with Gasteiger partial charge in [0.1, 0.15) is 5.75 Å². The Kier molecular flexibility index (Phi) is 9.18. The van der Waals surface area contributed by atoms with Gasteiger partial charge in [0.25, 0.3) is 5.91 Å². The SMILES string of the molecule is CC(C)Oc1c(C(N)=O)cc(C#Cc2ccc(S(=O)(=O)N3CCOCC3)cc2)cc1[C@H](CO)Cc1c[nH]c2ccccc12. The van der Waals surface area contributed by atoms with Crippen LogP contribution < -0.4 is 10.5 Å². The molecule has 1 aromatic heterocycles. The van der Waals surface area contributed by atoms with Gasteiger partial charge in [-0.2, -0.15) is 4.31 Å². The summed E-state index contributed by atoms with van der Waals surface area (Å²) in [5.41, 5.74) is 9.75. The number of hydrogen-bond acceptors (Lipinski definition) is 6. The third-order valence-corrected chi connectivity index (χ3v) is 9.26. The van der Waals surface area contributed by atoms with Gasteiger partial charge < -0.3 is 25.3 Å². The minimum atomic E-state index is -3.62. The predicted molar refractivity (Wildman–Crippen MR) is 165 cm³/mol. The van der Waals surface area contributed by atoms with Crippen LogP contribution in [0.3, 0.4) is 0 Å². The van der Waals surface area contributed by atoms with Crippen LogP contribution in [0, 0.1) is 11.8 Å². The van der Waals surface area contributed by atoms with Crippen LogP contribution in [0.4, 0.5) is 0 Å². The predicted octanol–water partition coefficient (Wildman–Crippen LogP) is 3.79. The average Bonchev–Trinajstić information content (AvgIpc) is 3.42. The maximum Gasteiger partial charge on any atom is 0.252 e. The Labute approximate surface area is 251 Å². The molecule has 1 aliphatic rings. The minimum Gasteiger partial charge on any atom is -0.490 e. The Morgan fingerprint density at radius 2 is 1.77 bits per heavy atom. The van der Waals surface area contributed by atoms with Gasteiger partial charge in [-0.05, 0) is 68.3 Å². The van der Waals surface area contributed by atoms with E-state index in [1.165, 1.54) is 16.4 Å². The molecule has 9 nitrogen and oxygen atoms in total. The lowest BCUT2D eigenvalue weighted by atomic mass is 9.88. The number of fused-ring (bicyclic) bond motifs is 1. The van der Waals surface area contributed by atoms with Crippen molar-refractivity contribution in [2.45, 2.75) is 37.2 Å². The highest BCUT2D eigenvalue weighted by atomic mass is 32.2. The van der Waals surface area contributed by atoms with E-state index in [4.69, 9.17) is 15.2 Å². The zero-order valence-electron chi connectivity index (χ0n) is 24.2. The average molecular weight is 602 g/mol. The van der Waals surface area contributed by atoms with Crippen LogP contribution in [0.2, 0.25) is 0 Å². The number of benzene rings is 3. The van der Waals surface area contributed by atoms with E-state index in [1.54, 1.807) is 18.2 Å². The normalized spacial score (nSPS) is 14.8. The summed E-state index contributed by atoms with van der Waals surface area (Å²) in [6, 6.07) is 17.7. The first-order chi connectivity index (χ1) is 20.7. The molecule has 4 aromatic rings. The molecule has 0 bridgehead atoms. The maximum atomic E-state index is 13.0. The third-order valence-electron chi connectivity index (χ3n) is 7.35. The molecule has 43 heavy (non-hydrogen) atoms. The third kappa shape index (κ3) is 6.76.